The van der Waals surface area contributed by atoms with Crippen molar-refractivity contribution in [2.24, 2.45) is 0 Å². The van der Waals surface area contributed by atoms with E-state index in [9.17, 15) is 19.5 Å². The number of carboxylic acid groups (broad SMARTS) is 1. The van der Waals surface area contributed by atoms with Crippen molar-refractivity contribution in [2.75, 3.05) is 41.0 Å². The van der Waals surface area contributed by atoms with Crippen LogP contribution in [0, 0.1) is 0 Å². The number of hydrogen-bond donors (Lipinski definition) is 0. The molecule has 0 fully saturated rings. The van der Waals surface area contributed by atoms with Gasteiger partial charge in [-0.05, 0) is 57.8 Å². The first-order valence-corrected chi connectivity index (χ1v) is 26.7. The summed E-state index contributed by atoms with van der Waals surface area (Å²) in [5.74, 6) is -1.75. The van der Waals surface area contributed by atoms with Gasteiger partial charge in [0.05, 0.1) is 40.3 Å². The Morgan fingerprint density at radius 1 is 0.469 bits per heavy atom. The molecule has 0 bridgehead atoms. The van der Waals surface area contributed by atoms with Gasteiger partial charge < -0.3 is 28.6 Å². The quantitative estimate of drug-likeness (QED) is 0.0259. The van der Waals surface area contributed by atoms with Crippen LogP contribution in [0.25, 0.3) is 0 Å². The molecule has 8 nitrogen and oxygen atoms in total. The highest BCUT2D eigenvalue weighted by Gasteiger charge is 2.25. The largest absolute Gasteiger partial charge is 0.544 e. The zero-order valence-corrected chi connectivity index (χ0v) is 42.4. The van der Waals surface area contributed by atoms with Gasteiger partial charge in [-0.2, -0.15) is 0 Å². The van der Waals surface area contributed by atoms with Crippen molar-refractivity contribution >= 4 is 17.9 Å². The lowest BCUT2D eigenvalue weighted by Gasteiger charge is -2.34. The smallest absolute Gasteiger partial charge is 0.306 e. The summed E-state index contributed by atoms with van der Waals surface area (Å²) in [5, 5.41) is 11.7. The number of carbonyl (C=O) groups is 3. The molecular weight excluding hydrogens is 799 g/mol. The molecule has 64 heavy (non-hydrogen) atoms. The molecular formula is C56H101NO7. The summed E-state index contributed by atoms with van der Waals surface area (Å²) in [6.45, 7) is 4.65. The summed E-state index contributed by atoms with van der Waals surface area (Å²) in [4.78, 5) is 37.1. The summed E-state index contributed by atoms with van der Waals surface area (Å²) in [7, 11) is 5.41. The minimum atomic E-state index is -1.13. The third kappa shape index (κ3) is 44.5. The van der Waals surface area contributed by atoms with Crippen LogP contribution in [-0.4, -0.2) is 75.5 Å². The first-order valence-electron chi connectivity index (χ1n) is 26.7. The third-order valence-corrected chi connectivity index (χ3v) is 12.0. The maximum absolute atomic E-state index is 12.8. The fraction of sp³-hybridized carbons (Fsp3) is 0.804. The number of likely N-dealkylation sites (N-methyl/N-ethyl adjacent to an activating group) is 1. The van der Waals surface area contributed by atoms with Crippen molar-refractivity contribution in [1.82, 2.24) is 0 Å². The number of carbonyl (C=O) groups excluding carboxylic acids is 3. The lowest BCUT2D eigenvalue weighted by Crippen LogP contribution is -2.55. The van der Waals surface area contributed by atoms with Gasteiger partial charge in [0, 0.05) is 19.3 Å². The molecule has 2 atom stereocenters. The van der Waals surface area contributed by atoms with E-state index in [-0.39, 0.29) is 42.7 Å². The number of aliphatic carboxylic acids is 1. The molecule has 0 saturated heterocycles. The highest BCUT2D eigenvalue weighted by atomic mass is 16.6. The van der Waals surface area contributed by atoms with Gasteiger partial charge in [0.1, 0.15) is 12.6 Å². The molecule has 0 rings (SSSR count). The van der Waals surface area contributed by atoms with E-state index in [0.717, 1.165) is 77.0 Å². The molecule has 2 unspecified atom stereocenters. The number of hydrogen-bond acceptors (Lipinski definition) is 7. The van der Waals surface area contributed by atoms with Gasteiger partial charge in [-0.1, -0.05) is 210 Å². The first-order chi connectivity index (χ1) is 31.1. The van der Waals surface area contributed by atoms with Crippen molar-refractivity contribution in [2.45, 2.75) is 251 Å². The van der Waals surface area contributed by atoms with Crippen molar-refractivity contribution in [3.63, 3.8) is 0 Å². The van der Waals surface area contributed by atoms with E-state index >= 15 is 0 Å². The van der Waals surface area contributed by atoms with Gasteiger partial charge >= 0.3 is 11.9 Å². The van der Waals surface area contributed by atoms with Gasteiger partial charge in [0.15, 0.2) is 6.10 Å². The molecule has 0 aliphatic heterocycles. The molecule has 372 valence electrons. The Hall–Kier alpha value is -2.71. The Bertz CT molecular complexity index is 1190. The van der Waals surface area contributed by atoms with Crippen molar-refractivity contribution < 1.29 is 38.2 Å². The topological polar surface area (TPSA) is 102 Å². The number of ether oxygens (including phenoxy) is 3. The molecule has 0 aromatic rings. The van der Waals surface area contributed by atoms with Crippen molar-refractivity contribution in [3.05, 3.63) is 48.6 Å². The molecule has 0 aliphatic carbocycles. The summed E-state index contributed by atoms with van der Waals surface area (Å²) >= 11 is 0. The summed E-state index contributed by atoms with van der Waals surface area (Å²) in [6.07, 6.45) is 57.1. The second-order valence-corrected chi connectivity index (χ2v) is 19.1. The monoisotopic (exact) mass is 900 g/mol. The average Bonchev–Trinajstić information content (AvgIpc) is 3.26. The lowest BCUT2D eigenvalue weighted by molar-refractivity contribution is -0.889. The van der Waals surface area contributed by atoms with Crippen molar-refractivity contribution in [1.29, 1.82) is 0 Å². The van der Waals surface area contributed by atoms with E-state index in [4.69, 9.17) is 14.2 Å². The highest BCUT2D eigenvalue weighted by molar-refractivity contribution is 5.70. The van der Waals surface area contributed by atoms with E-state index in [1.807, 2.05) is 0 Å². The van der Waals surface area contributed by atoms with E-state index in [1.165, 1.54) is 128 Å². The normalized spacial score (nSPS) is 13.2. The van der Waals surface area contributed by atoms with E-state index in [1.54, 1.807) is 21.1 Å². The fourth-order valence-corrected chi connectivity index (χ4v) is 7.82. The maximum atomic E-state index is 12.8. The second kappa shape index (κ2) is 46.8. The van der Waals surface area contributed by atoms with Crippen molar-refractivity contribution in [3.8, 4) is 0 Å². The van der Waals surface area contributed by atoms with Crippen LogP contribution in [0.1, 0.15) is 239 Å². The van der Waals surface area contributed by atoms with E-state index in [0.29, 0.717) is 12.8 Å². The number of esters is 2. The molecule has 8 heteroatoms. The molecule has 0 aromatic heterocycles. The summed E-state index contributed by atoms with van der Waals surface area (Å²) < 4.78 is 17.3. The SMILES string of the molecule is CCCCC/C=C/C/C=C/C/C=C/C/C=C/CCCCCCCC(=O)OC(COCCC(C(=O)[O-])[N+](C)(C)C)COC(=O)CCCCCCCCCCCCCCCCCCCCC. The Morgan fingerprint density at radius 2 is 0.828 bits per heavy atom. The molecule has 0 amide bonds. The summed E-state index contributed by atoms with van der Waals surface area (Å²) in [6, 6.07) is -0.730. The minimum absolute atomic E-state index is 0.0344. The lowest BCUT2D eigenvalue weighted by atomic mass is 10.0. The third-order valence-electron chi connectivity index (χ3n) is 12.0. The van der Waals surface area contributed by atoms with Crippen LogP contribution >= 0.6 is 0 Å². The van der Waals surface area contributed by atoms with Crippen LogP contribution in [0.5, 0.6) is 0 Å². The number of quaternary nitrogens is 1. The average molecular weight is 900 g/mol. The van der Waals surface area contributed by atoms with Crippen LogP contribution in [0.2, 0.25) is 0 Å². The molecule has 0 aromatic carbocycles. The Labute approximate surface area is 395 Å². The minimum Gasteiger partial charge on any atom is -0.544 e. The van der Waals surface area contributed by atoms with Gasteiger partial charge in [-0.3, -0.25) is 9.59 Å². The van der Waals surface area contributed by atoms with E-state index < -0.39 is 18.1 Å². The predicted molar refractivity (Wildman–Crippen MR) is 268 cm³/mol. The molecule has 0 N–H and O–H groups in total. The number of rotatable bonds is 48. The number of allylic oxidation sites excluding steroid dienone is 8. The first kappa shape index (κ1) is 61.3. The Morgan fingerprint density at radius 3 is 1.25 bits per heavy atom. The standard InChI is InChI=1S/C56H101NO7/c1-6-8-10-12-14-16-18-20-22-24-26-27-29-31-33-35-37-39-41-43-45-47-55(59)64-52(50-62-49-48-53(56(60)61)57(3,4)5)51-63-54(58)46-44-42-40-38-36-34-32-30-28-25-23-21-19-17-15-13-11-9-7-2/h14,16,20,22,26-27,31,33,52-53H,6-13,15,17-19,21,23-25,28-30,32,34-51H2,1-5H3/b16-14+,22-20+,27-26+,33-31+. The van der Waals surface area contributed by atoms with Crippen LogP contribution in [-0.2, 0) is 28.6 Å². The molecule has 0 aliphatic rings. The number of unbranched alkanes of at least 4 members (excludes halogenated alkanes) is 26. The van der Waals surface area contributed by atoms with Crippen LogP contribution in [0.4, 0.5) is 0 Å². The molecule has 0 radical (unpaired) electrons. The van der Waals surface area contributed by atoms with Crippen LogP contribution < -0.4 is 5.11 Å². The van der Waals surface area contributed by atoms with Crippen LogP contribution in [0.15, 0.2) is 48.6 Å². The van der Waals surface area contributed by atoms with Gasteiger partial charge in [-0.25, -0.2) is 0 Å². The fourth-order valence-electron chi connectivity index (χ4n) is 7.82. The molecule has 0 heterocycles. The Kier molecular flexibility index (Phi) is 44.8. The molecule has 0 spiro atoms. The highest BCUT2D eigenvalue weighted by Crippen LogP contribution is 2.16. The van der Waals surface area contributed by atoms with Gasteiger partial charge in [0.2, 0.25) is 0 Å². The zero-order valence-electron chi connectivity index (χ0n) is 42.4. The zero-order chi connectivity index (χ0) is 47.0. The van der Waals surface area contributed by atoms with Gasteiger partial charge in [-0.15, -0.1) is 0 Å². The Balaban J connectivity index is 4.26. The number of nitrogens with zero attached hydrogens (tertiary/aromatic N) is 1. The van der Waals surface area contributed by atoms with Gasteiger partial charge in [0.25, 0.3) is 0 Å². The number of carboxylic acids is 1. The molecule has 0 saturated carbocycles. The summed E-state index contributed by atoms with van der Waals surface area (Å²) in [5.41, 5.74) is 0. The maximum Gasteiger partial charge on any atom is 0.306 e. The van der Waals surface area contributed by atoms with Crippen LogP contribution in [0.3, 0.4) is 0 Å². The van der Waals surface area contributed by atoms with E-state index in [2.05, 4.69) is 62.5 Å². The predicted octanol–water partition coefficient (Wildman–Crippen LogP) is 14.2. The second-order valence-electron chi connectivity index (χ2n) is 19.1.